The first kappa shape index (κ1) is 20.1. The van der Waals surface area contributed by atoms with Gasteiger partial charge in [-0.2, -0.15) is 0 Å². The Bertz CT molecular complexity index is 978. The van der Waals surface area contributed by atoms with Gasteiger partial charge in [0.05, 0.1) is 5.92 Å². The van der Waals surface area contributed by atoms with Gasteiger partial charge in [0.2, 0.25) is 0 Å². The lowest BCUT2D eigenvalue weighted by atomic mass is 9.88. The number of ether oxygens (including phenoxy) is 1. The maximum atomic E-state index is 13.2. The van der Waals surface area contributed by atoms with Gasteiger partial charge < -0.3 is 9.84 Å². The van der Waals surface area contributed by atoms with Gasteiger partial charge in [-0.15, -0.1) is 0 Å². The molecule has 3 aromatic rings. The van der Waals surface area contributed by atoms with Gasteiger partial charge in [0.25, 0.3) is 0 Å². The van der Waals surface area contributed by atoms with Crippen LogP contribution in [0.15, 0.2) is 97.1 Å². The molecule has 146 valence electrons. The Balaban J connectivity index is 1.78. The summed E-state index contributed by atoms with van der Waals surface area (Å²) in [6.07, 6.45) is 2.90. The first-order valence-electron chi connectivity index (χ1n) is 9.39. The summed E-state index contributed by atoms with van der Waals surface area (Å²) >= 11 is 0. The molecule has 0 aliphatic carbocycles. The van der Waals surface area contributed by atoms with Gasteiger partial charge in [0, 0.05) is 11.6 Å². The monoisotopic (exact) mass is 386 g/mol. The molecule has 0 fully saturated rings. The second-order valence-electron chi connectivity index (χ2n) is 6.61. The van der Waals surface area contributed by atoms with Crippen LogP contribution in [0.4, 0.5) is 0 Å². The number of Topliss-reactive ketones (excluding diaryl/α,β-unsaturated/α-hetero) is 1. The van der Waals surface area contributed by atoms with E-state index in [9.17, 15) is 9.59 Å². The van der Waals surface area contributed by atoms with Crippen molar-refractivity contribution in [1.82, 2.24) is 0 Å². The molecule has 1 N–H and O–H groups in total. The number of carboxylic acid groups (broad SMARTS) is 1. The molecule has 0 unspecified atom stereocenters. The predicted molar refractivity (Wildman–Crippen MR) is 112 cm³/mol. The Kier molecular flexibility index (Phi) is 6.95. The largest absolute Gasteiger partial charge is 0.489 e. The molecule has 4 heteroatoms. The number of carbonyl (C=O) groups is 2. The van der Waals surface area contributed by atoms with Gasteiger partial charge in [-0.3, -0.25) is 4.79 Å². The van der Waals surface area contributed by atoms with E-state index in [1.807, 2.05) is 66.7 Å². The van der Waals surface area contributed by atoms with E-state index in [1.165, 1.54) is 6.08 Å². The SMILES string of the molecule is O=C(O)C=CC[C@H](C(=O)c1cccc(OCc2ccccc2)c1)c1ccccc1. The fourth-order valence-corrected chi connectivity index (χ4v) is 3.07. The summed E-state index contributed by atoms with van der Waals surface area (Å²) in [5.41, 5.74) is 2.43. The van der Waals surface area contributed by atoms with Crippen molar-refractivity contribution in [2.75, 3.05) is 0 Å². The third-order valence-electron chi connectivity index (χ3n) is 4.52. The number of allylic oxidation sites excluding steroid dienone is 1. The fourth-order valence-electron chi connectivity index (χ4n) is 3.07. The van der Waals surface area contributed by atoms with Crippen molar-refractivity contribution in [3.05, 3.63) is 114 Å². The number of rotatable bonds is 9. The smallest absolute Gasteiger partial charge is 0.327 e. The van der Waals surface area contributed by atoms with Crippen LogP contribution in [0.1, 0.15) is 33.8 Å². The number of ketones is 1. The maximum Gasteiger partial charge on any atom is 0.327 e. The molecule has 3 rings (SSSR count). The van der Waals surface area contributed by atoms with E-state index in [-0.39, 0.29) is 5.78 Å². The summed E-state index contributed by atoms with van der Waals surface area (Å²) in [5.74, 6) is -0.944. The number of benzene rings is 3. The van der Waals surface area contributed by atoms with Crippen molar-refractivity contribution in [2.45, 2.75) is 18.9 Å². The lowest BCUT2D eigenvalue weighted by Crippen LogP contribution is -2.13. The Morgan fingerprint density at radius 3 is 2.28 bits per heavy atom. The summed E-state index contributed by atoms with van der Waals surface area (Å²) in [5, 5.41) is 8.85. The third-order valence-corrected chi connectivity index (χ3v) is 4.52. The lowest BCUT2D eigenvalue weighted by Gasteiger charge is -2.15. The molecule has 0 heterocycles. The minimum absolute atomic E-state index is 0.0728. The van der Waals surface area contributed by atoms with Crippen molar-refractivity contribution in [3.8, 4) is 5.75 Å². The fraction of sp³-hybridized carbons (Fsp3) is 0.120. The molecule has 29 heavy (non-hydrogen) atoms. The van der Waals surface area contributed by atoms with Gasteiger partial charge in [-0.05, 0) is 29.7 Å². The molecule has 0 radical (unpaired) electrons. The number of aliphatic carboxylic acids is 1. The standard InChI is InChI=1S/C25H22O4/c26-24(27)16-8-15-23(20-11-5-2-6-12-20)25(28)21-13-7-14-22(17-21)29-18-19-9-3-1-4-10-19/h1-14,16-17,23H,15,18H2,(H,26,27)/t23-/m0/s1. The minimum Gasteiger partial charge on any atom is -0.489 e. The summed E-state index contributed by atoms with van der Waals surface area (Å²) in [4.78, 5) is 24.0. The van der Waals surface area contributed by atoms with E-state index in [0.29, 0.717) is 24.3 Å². The van der Waals surface area contributed by atoms with Gasteiger partial charge in [0.15, 0.2) is 5.78 Å². The van der Waals surface area contributed by atoms with E-state index in [1.54, 1.807) is 18.2 Å². The minimum atomic E-state index is -1.03. The van der Waals surface area contributed by atoms with Crippen LogP contribution in [0.25, 0.3) is 0 Å². The highest BCUT2D eigenvalue weighted by molar-refractivity contribution is 6.01. The summed E-state index contributed by atoms with van der Waals surface area (Å²) < 4.78 is 5.84. The molecule has 3 aromatic carbocycles. The van der Waals surface area contributed by atoms with Crippen LogP contribution in [0.5, 0.6) is 5.75 Å². The van der Waals surface area contributed by atoms with Gasteiger partial charge in [-0.1, -0.05) is 78.9 Å². The second kappa shape index (κ2) is 10.0. The predicted octanol–water partition coefficient (Wildman–Crippen LogP) is 5.26. The van der Waals surface area contributed by atoms with Gasteiger partial charge in [0.1, 0.15) is 12.4 Å². The zero-order valence-corrected chi connectivity index (χ0v) is 15.9. The normalized spacial score (nSPS) is 11.9. The zero-order valence-electron chi connectivity index (χ0n) is 15.9. The van der Waals surface area contributed by atoms with E-state index >= 15 is 0 Å². The number of carboxylic acids is 1. The second-order valence-corrected chi connectivity index (χ2v) is 6.61. The molecule has 0 amide bonds. The van der Waals surface area contributed by atoms with Crippen LogP contribution < -0.4 is 4.74 Å². The van der Waals surface area contributed by atoms with E-state index in [4.69, 9.17) is 9.84 Å². The van der Waals surface area contributed by atoms with Crippen LogP contribution in [0.3, 0.4) is 0 Å². The molecule has 0 saturated heterocycles. The Hall–Kier alpha value is -3.66. The van der Waals surface area contributed by atoms with Crippen molar-refractivity contribution in [3.63, 3.8) is 0 Å². The van der Waals surface area contributed by atoms with E-state index in [2.05, 4.69) is 0 Å². The number of hydrogen-bond acceptors (Lipinski definition) is 3. The summed E-state index contributed by atoms with van der Waals surface area (Å²) in [7, 11) is 0. The highest BCUT2D eigenvalue weighted by Crippen LogP contribution is 2.27. The van der Waals surface area contributed by atoms with Crippen LogP contribution in [0.2, 0.25) is 0 Å². The van der Waals surface area contributed by atoms with Crippen molar-refractivity contribution in [2.24, 2.45) is 0 Å². The molecule has 0 spiro atoms. The highest BCUT2D eigenvalue weighted by atomic mass is 16.5. The molecular weight excluding hydrogens is 364 g/mol. The highest BCUT2D eigenvalue weighted by Gasteiger charge is 2.21. The molecule has 0 aliphatic heterocycles. The first-order chi connectivity index (χ1) is 14.1. The number of carbonyl (C=O) groups excluding carboxylic acids is 1. The topological polar surface area (TPSA) is 63.6 Å². The van der Waals surface area contributed by atoms with Crippen molar-refractivity contribution in [1.29, 1.82) is 0 Å². The first-order valence-corrected chi connectivity index (χ1v) is 9.39. The third kappa shape index (κ3) is 5.91. The Morgan fingerprint density at radius 2 is 1.59 bits per heavy atom. The average Bonchev–Trinajstić information content (AvgIpc) is 2.76. The van der Waals surface area contributed by atoms with Crippen molar-refractivity contribution >= 4 is 11.8 Å². The van der Waals surface area contributed by atoms with Gasteiger partial charge in [-0.25, -0.2) is 4.79 Å². The van der Waals surface area contributed by atoms with Crippen molar-refractivity contribution < 1.29 is 19.4 Å². The van der Waals surface area contributed by atoms with E-state index < -0.39 is 11.9 Å². The van der Waals surface area contributed by atoms with Gasteiger partial charge >= 0.3 is 5.97 Å². The maximum absolute atomic E-state index is 13.2. The van der Waals surface area contributed by atoms with Crippen LogP contribution in [0, 0.1) is 0 Å². The molecule has 0 aromatic heterocycles. The lowest BCUT2D eigenvalue weighted by molar-refractivity contribution is -0.131. The summed E-state index contributed by atoms with van der Waals surface area (Å²) in [6.45, 7) is 0.419. The quantitative estimate of drug-likeness (QED) is 0.402. The van der Waals surface area contributed by atoms with E-state index in [0.717, 1.165) is 17.2 Å². The molecular formula is C25H22O4. The molecule has 0 aliphatic rings. The number of hydrogen-bond donors (Lipinski definition) is 1. The summed E-state index contributed by atoms with van der Waals surface area (Å²) in [6, 6.07) is 26.3. The Morgan fingerprint density at radius 1 is 0.897 bits per heavy atom. The van der Waals surface area contributed by atoms with Crippen LogP contribution >= 0.6 is 0 Å². The van der Waals surface area contributed by atoms with Crippen LogP contribution in [-0.2, 0) is 11.4 Å². The average molecular weight is 386 g/mol. The zero-order chi connectivity index (χ0) is 20.5. The molecule has 0 saturated carbocycles. The molecule has 4 nitrogen and oxygen atoms in total. The molecule has 0 bridgehead atoms. The molecule has 1 atom stereocenters. The Labute approximate surface area is 170 Å². The van der Waals surface area contributed by atoms with Crippen LogP contribution in [-0.4, -0.2) is 16.9 Å².